The first-order valence-electron chi connectivity index (χ1n) is 7.81. The van der Waals surface area contributed by atoms with Crippen LogP contribution in [0.1, 0.15) is 22.2 Å². The lowest BCUT2D eigenvalue weighted by Gasteiger charge is -2.10. The van der Waals surface area contributed by atoms with E-state index in [1.807, 2.05) is 6.92 Å². The summed E-state index contributed by atoms with van der Waals surface area (Å²) in [7, 11) is -4.21. The van der Waals surface area contributed by atoms with Gasteiger partial charge in [0.2, 0.25) is 0 Å². The van der Waals surface area contributed by atoms with Crippen LogP contribution in [-0.2, 0) is 14.8 Å². The molecule has 1 aromatic heterocycles. The average molecular weight is 393 g/mol. The van der Waals surface area contributed by atoms with Gasteiger partial charge in [-0.05, 0) is 38.1 Å². The van der Waals surface area contributed by atoms with Gasteiger partial charge in [-0.25, -0.2) is 17.6 Å². The fourth-order valence-electron chi connectivity index (χ4n) is 2.49. The van der Waals surface area contributed by atoms with Gasteiger partial charge in [-0.15, -0.1) is 11.3 Å². The smallest absolute Gasteiger partial charge is 0.349 e. The van der Waals surface area contributed by atoms with Crippen molar-refractivity contribution in [3.63, 3.8) is 0 Å². The van der Waals surface area contributed by atoms with Gasteiger partial charge in [-0.1, -0.05) is 23.8 Å². The van der Waals surface area contributed by atoms with Crippen LogP contribution >= 0.6 is 11.3 Å². The Morgan fingerprint density at radius 1 is 1.19 bits per heavy atom. The van der Waals surface area contributed by atoms with E-state index in [4.69, 9.17) is 4.74 Å². The molecule has 0 atom stereocenters. The van der Waals surface area contributed by atoms with Crippen molar-refractivity contribution in [1.82, 2.24) is 0 Å². The number of anilines is 1. The molecule has 8 heteroatoms. The monoisotopic (exact) mass is 393 g/mol. The van der Waals surface area contributed by atoms with Crippen molar-refractivity contribution in [3.05, 3.63) is 58.7 Å². The van der Waals surface area contributed by atoms with Gasteiger partial charge in [0.25, 0.3) is 10.0 Å². The molecule has 0 fully saturated rings. The van der Waals surface area contributed by atoms with Crippen molar-refractivity contribution in [2.75, 3.05) is 11.3 Å². The number of rotatable bonds is 5. The molecule has 26 heavy (non-hydrogen) atoms. The Morgan fingerprint density at radius 2 is 1.88 bits per heavy atom. The number of benzene rings is 2. The van der Waals surface area contributed by atoms with Gasteiger partial charge < -0.3 is 4.74 Å². The van der Waals surface area contributed by atoms with E-state index in [1.54, 1.807) is 37.3 Å². The summed E-state index contributed by atoms with van der Waals surface area (Å²) in [6.45, 7) is 3.57. The van der Waals surface area contributed by atoms with Crippen molar-refractivity contribution in [2.24, 2.45) is 0 Å². The lowest BCUT2D eigenvalue weighted by molar-refractivity contribution is 0.0528. The number of sulfonamides is 1. The number of nitrogens with one attached hydrogen (secondary N) is 1. The van der Waals surface area contributed by atoms with Gasteiger partial charge in [-0.2, -0.15) is 0 Å². The summed E-state index contributed by atoms with van der Waals surface area (Å²) in [5.41, 5.74) is 1.29. The molecule has 0 radical (unpaired) electrons. The third-order valence-corrected chi connectivity index (χ3v) is 6.37. The highest BCUT2D eigenvalue weighted by molar-refractivity contribution is 7.93. The minimum Gasteiger partial charge on any atom is -0.462 e. The van der Waals surface area contributed by atoms with Crippen molar-refractivity contribution >= 4 is 43.1 Å². The summed E-state index contributed by atoms with van der Waals surface area (Å²) in [4.78, 5) is 11.7. The molecule has 0 saturated carbocycles. The summed E-state index contributed by atoms with van der Waals surface area (Å²) in [6, 6.07) is 10.9. The predicted molar refractivity (Wildman–Crippen MR) is 99.7 cm³/mol. The number of ether oxygens (including phenoxy) is 1. The number of carbonyl (C=O) groups is 1. The second-order valence-electron chi connectivity index (χ2n) is 5.57. The van der Waals surface area contributed by atoms with E-state index in [2.05, 4.69) is 4.72 Å². The first-order valence-corrected chi connectivity index (χ1v) is 10.1. The summed E-state index contributed by atoms with van der Waals surface area (Å²) in [5.74, 6) is -1.50. The Morgan fingerprint density at radius 3 is 2.54 bits per heavy atom. The van der Waals surface area contributed by atoms with E-state index in [0.717, 1.165) is 23.0 Å². The van der Waals surface area contributed by atoms with Gasteiger partial charge >= 0.3 is 5.97 Å². The summed E-state index contributed by atoms with van der Waals surface area (Å²) >= 11 is 0.892. The second-order valence-corrected chi connectivity index (χ2v) is 8.24. The Kier molecular flexibility index (Phi) is 4.97. The van der Waals surface area contributed by atoms with Crippen LogP contribution in [0, 0.1) is 12.7 Å². The highest BCUT2D eigenvalue weighted by atomic mass is 32.2. The molecule has 0 aliphatic rings. The lowest BCUT2D eigenvalue weighted by atomic mass is 10.2. The fourth-order valence-corrected chi connectivity index (χ4v) is 5.37. The number of hydrogen-bond acceptors (Lipinski definition) is 5. The van der Waals surface area contributed by atoms with E-state index in [1.165, 1.54) is 6.07 Å². The molecule has 2 aromatic carbocycles. The van der Waals surface area contributed by atoms with Crippen LogP contribution in [0.3, 0.4) is 0 Å². The molecule has 0 saturated heterocycles. The maximum atomic E-state index is 14.4. The molecule has 0 aliphatic heterocycles. The predicted octanol–water partition coefficient (Wildman–Crippen LogP) is 4.33. The molecule has 0 unspecified atom stereocenters. The van der Waals surface area contributed by atoms with Crippen molar-refractivity contribution in [2.45, 2.75) is 18.7 Å². The average Bonchev–Trinajstić information content (AvgIpc) is 2.99. The maximum Gasteiger partial charge on any atom is 0.349 e. The Bertz CT molecular complexity index is 1070. The summed E-state index contributed by atoms with van der Waals surface area (Å²) < 4.78 is 48.0. The van der Waals surface area contributed by atoms with Gasteiger partial charge in [0.15, 0.2) is 0 Å². The molecule has 1 heterocycles. The van der Waals surface area contributed by atoms with E-state index in [-0.39, 0.29) is 16.9 Å². The van der Waals surface area contributed by atoms with E-state index in [0.29, 0.717) is 10.4 Å². The summed E-state index contributed by atoms with van der Waals surface area (Å²) in [6.07, 6.45) is 0. The van der Waals surface area contributed by atoms with Gasteiger partial charge in [0, 0.05) is 15.8 Å². The topological polar surface area (TPSA) is 72.5 Å². The van der Waals surface area contributed by atoms with E-state index >= 15 is 0 Å². The van der Waals surface area contributed by atoms with Crippen molar-refractivity contribution in [1.29, 1.82) is 0 Å². The molecule has 3 rings (SSSR count). The molecule has 1 N–H and O–H groups in total. The molecule has 0 spiro atoms. The molecule has 0 bridgehead atoms. The number of esters is 1. The second kappa shape index (κ2) is 7.05. The number of carbonyl (C=O) groups excluding carboxylic acids is 1. The number of aryl methyl sites for hydroxylation is 1. The van der Waals surface area contributed by atoms with Crippen LogP contribution in [-0.4, -0.2) is 21.0 Å². The molecule has 136 valence electrons. The Labute approximate surface area is 154 Å². The highest BCUT2D eigenvalue weighted by Crippen LogP contribution is 2.37. The number of hydrogen-bond donors (Lipinski definition) is 1. The van der Waals surface area contributed by atoms with Crippen LogP contribution in [0.25, 0.3) is 10.1 Å². The third-order valence-electron chi connectivity index (χ3n) is 3.65. The normalized spacial score (nSPS) is 11.5. The minimum absolute atomic E-state index is 0.0838. The van der Waals surface area contributed by atoms with Crippen LogP contribution in [0.2, 0.25) is 0 Å². The zero-order chi connectivity index (χ0) is 18.9. The fraction of sp³-hybridized carbons (Fsp3) is 0.167. The molecular formula is C18H16FNO4S2. The first kappa shape index (κ1) is 18.3. The SMILES string of the molecule is CCOC(=O)c1sc2cccc(F)c2c1S(=O)(=O)Nc1ccc(C)cc1. The Balaban J connectivity index is 2.19. The molecule has 3 aromatic rings. The molecular weight excluding hydrogens is 377 g/mol. The minimum atomic E-state index is -4.21. The highest BCUT2D eigenvalue weighted by Gasteiger charge is 2.31. The molecule has 5 nitrogen and oxygen atoms in total. The van der Waals surface area contributed by atoms with E-state index < -0.39 is 26.7 Å². The van der Waals surface area contributed by atoms with Crippen molar-refractivity contribution < 1.29 is 22.3 Å². The van der Waals surface area contributed by atoms with Crippen LogP contribution in [0.5, 0.6) is 0 Å². The molecule has 0 amide bonds. The van der Waals surface area contributed by atoms with Gasteiger partial charge in [-0.3, -0.25) is 4.72 Å². The molecule has 0 aliphatic carbocycles. The zero-order valence-corrected chi connectivity index (χ0v) is 15.7. The van der Waals surface area contributed by atoms with Gasteiger partial charge in [0.1, 0.15) is 15.6 Å². The van der Waals surface area contributed by atoms with E-state index in [9.17, 15) is 17.6 Å². The quantitative estimate of drug-likeness (QED) is 0.655. The van der Waals surface area contributed by atoms with Crippen LogP contribution in [0.15, 0.2) is 47.4 Å². The third kappa shape index (κ3) is 3.42. The number of halogens is 1. The first-order chi connectivity index (χ1) is 12.3. The Hall–Kier alpha value is -2.45. The summed E-state index contributed by atoms with van der Waals surface area (Å²) in [5, 5.41) is -0.111. The largest absolute Gasteiger partial charge is 0.462 e. The number of thiophene rings is 1. The zero-order valence-electron chi connectivity index (χ0n) is 14.1. The lowest BCUT2D eigenvalue weighted by Crippen LogP contribution is -2.16. The van der Waals surface area contributed by atoms with Crippen LogP contribution in [0.4, 0.5) is 10.1 Å². The standard InChI is InChI=1S/C18H16FNO4S2/c1-3-24-18(21)16-17(15-13(19)5-4-6-14(15)25-16)26(22,23)20-12-9-7-11(2)8-10-12/h4-10,20H,3H2,1-2H3. The maximum absolute atomic E-state index is 14.4. The van der Waals surface area contributed by atoms with Gasteiger partial charge in [0.05, 0.1) is 6.61 Å². The number of fused-ring (bicyclic) bond motifs is 1. The van der Waals surface area contributed by atoms with Crippen LogP contribution < -0.4 is 4.72 Å². The van der Waals surface area contributed by atoms with Crippen molar-refractivity contribution in [3.8, 4) is 0 Å².